The van der Waals surface area contributed by atoms with Gasteiger partial charge in [-0.05, 0) is 38.6 Å². The summed E-state index contributed by atoms with van der Waals surface area (Å²) in [7, 11) is 1.60. The van der Waals surface area contributed by atoms with Crippen molar-refractivity contribution in [1.82, 2.24) is 25.1 Å². The molecule has 0 radical (unpaired) electrons. The molecule has 2 heterocycles. The van der Waals surface area contributed by atoms with E-state index in [9.17, 15) is 14.4 Å². The number of carbonyl (C=O) groups excluding carboxylic acids is 3. The summed E-state index contributed by atoms with van der Waals surface area (Å²) in [5.41, 5.74) is 7.30. The fourth-order valence-electron chi connectivity index (χ4n) is 4.96. The summed E-state index contributed by atoms with van der Waals surface area (Å²) < 4.78 is 4.01. The molecule has 35 heavy (non-hydrogen) atoms. The highest BCUT2D eigenvalue weighted by Gasteiger charge is 2.41. The van der Waals surface area contributed by atoms with Crippen molar-refractivity contribution in [3.05, 3.63) is 30.3 Å². The van der Waals surface area contributed by atoms with E-state index in [4.69, 9.17) is 5.73 Å². The van der Waals surface area contributed by atoms with E-state index in [-0.39, 0.29) is 17.7 Å². The van der Waals surface area contributed by atoms with Crippen LogP contribution < -0.4 is 21.7 Å². The summed E-state index contributed by atoms with van der Waals surface area (Å²) in [6, 6.07) is 8.22. The van der Waals surface area contributed by atoms with Gasteiger partial charge in [-0.3, -0.25) is 19.7 Å². The number of nitrogens with one attached hydrogen (secondary N) is 3. The normalized spacial score (nSPS) is 20.3. The van der Waals surface area contributed by atoms with E-state index < -0.39 is 24.2 Å². The van der Waals surface area contributed by atoms with Crippen LogP contribution in [-0.4, -0.2) is 64.1 Å². The highest BCUT2D eigenvalue weighted by atomic mass is 32.1. The number of likely N-dealkylation sites (tertiary alicyclic amines) is 1. The number of likely N-dealkylation sites (N-methyl/N-ethyl adjacent to an activating group) is 1. The molecule has 3 amide bonds. The van der Waals surface area contributed by atoms with Crippen molar-refractivity contribution < 1.29 is 14.4 Å². The van der Waals surface area contributed by atoms with Gasteiger partial charge < -0.3 is 21.3 Å². The number of rotatable bonds is 8. The number of anilines is 1. The van der Waals surface area contributed by atoms with E-state index in [2.05, 4.69) is 25.5 Å². The Labute approximate surface area is 209 Å². The van der Waals surface area contributed by atoms with Crippen LogP contribution in [0.4, 0.5) is 5.00 Å². The third-order valence-electron chi connectivity index (χ3n) is 6.89. The molecule has 3 atom stereocenters. The Hall–Kier alpha value is -2.89. The second kappa shape index (κ2) is 11.7. The van der Waals surface area contributed by atoms with E-state index in [0.29, 0.717) is 23.7 Å². The molecule has 2 aliphatic rings. The van der Waals surface area contributed by atoms with Gasteiger partial charge in [-0.2, -0.15) is 0 Å². The molecule has 10 nitrogen and oxygen atoms in total. The summed E-state index contributed by atoms with van der Waals surface area (Å²) in [4.78, 5) is 41.3. The maximum Gasteiger partial charge on any atom is 0.252 e. The number of nitrogens with zero attached hydrogens (tertiary/aromatic N) is 3. The number of hydrogen-bond acceptors (Lipinski definition) is 8. The first-order chi connectivity index (χ1) is 17.0. The lowest BCUT2D eigenvalue weighted by Gasteiger charge is -2.35. The number of hydrogen-bond donors (Lipinski definition) is 4. The fraction of sp³-hybridized carbons (Fsp3) is 0.542. The van der Waals surface area contributed by atoms with Crippen LogP contribution in [0, 0.1) is 5.92 Å². The van der Waals surface area contributed by atoms with Crippen molar-refractivity contribution in [3.63, 3.8) is 0 Å². The van der Waals surface area contributed by atoms with Gasteiger partial charge in [0.25, 0.3) is 5.91 Å². The lowest BCUT2D eigenvalue weighted by Crippen LogP contribution is -2.59. The van der Waals surface area contributed by atoms with E-state index >= 15 is 0 Å². The minimum absolute atomic E-state index is 0.0314. The summed E-state index contributed by atoms with van der Waals surface area (Å²) in [6.07, 6.45) is 5.28. The smallest absolute Gasteiger partial charge is 0.252 e. The average Bonchev–Trinajstić information content (AvgIpc) is 3.57. The standard InChI is InChI=1S/C24H33N7O3S/c1-26-20(25)22(33)27-19(16-11-6-3-7-12-16)24(34)31-14-8-13-17(31)21(32)28-23-18(29-30-35-23)15-9-4-2-5-10-15/h2,4-5,9-10,16-17,19-20,26H,3,6-8,11-14,25H2,1H3,(H,27,33)(H,28,32)/t17?,19-,20+/m0/s1. The topological polar surface area (TPSA) is 142 Å². The minimum Gasteiger partial charge on any atom is -0.342 e. The zero-order chi connectivity index (χ0) is 24.8. The van der Waals surface area contributed by atoms with Crippen LogP contribution >= 0.6 is 11.5 Å². The van der Waals surface area contributed by atoms with Gasteiger partial charge in [0.15, 0.2) is 0 Å². The van der Waals surface area contributed by atoms with Crippen molar-refractivity contribution in [3.8, 4) is 11.3 Å². The molecule has 0 spiro atoms. The average molecular weight is 500 g/mol. The van der Waals surface area contributed by atoms with Crippen molar-refractivity contribution in [1.29, 1.82) is 0 Å². The zero-order valence-corrected chi connectivity index (χ0v) is 20.7. The Morgan fingerprint density at radius 1 is 1.09 bits per heavy atom. The van der Waals surface area contributed by atoms with Gasteiger partial charge in [-0.1, -0.05) is 54.1 Å². The van der Waals surface area contributed by atoms with Gasteiger partial charge >= 0.3 is 0 Å². The lowest BCUT2D eigenvalue weighted by atomic mass is 9.83. The van der Waals surface area contributed by atoms with Gasteiger partial charge in [0.2, 0.25) is 11.8 Å². The van der Waals surface area contributed by atoms with Gasteiger partial charge in [0, 0.05) is 23.6 Å². The molecular formula is C24H33N7O3S. The van der Waals surface area contributed by atoms with Gasteiger partial charge in [-0.25, -0.2) is 0 Å². The van der Waals surface area contributed by atoms with E-state index in [1.165, 1.54) is 0 Å². The van der Waals surface area contributed by atoms with Gasteiger partial charge in [-0.15, -0.1) is 5.10 Å². The quantitative estimate of drug-likeness (QED) is 0.405. The van der Waals surface area contributed by atoms with Crippen LogP contribution in [0.1, 0.15) is 44.9 Å². The number of amides is 3. The maximum absolute atomic E-state index is 13.7. The molecule has 188 valence electrons. The van der Waals surface area contributed by atoms with Crippen LogP contribution in [-0.2, 0) is 14.4 Å². The van der Waals surface area contributed by atoms with Gasteiger partial charge in [0.1, 0.15) is 28.9 Å². The molecule has 1 aliphatic carbocycles. The molecule has 4 rings (SSSR count). The molecule has 1 aromatic heterocycles. The number of carbonyl (C=O) groups is 3. The SMILES string of the molecule is CN[C@@H](N)C(=O)N[C@H](C(=O)N1CCCC1C(=O)Nc1snnc1-c1ccccc1)C1CCCCC1. The molecule has 11 heteroatoms. The fourth-order valence-corrected chi connectivity index (χ4v) is 5.55. The molecule has 1 saturated heterocycles. The van der Waals surface area contributed by atoms with E-state index in [1.54, 1.807) is 11.9 Å². The predicted octanol–water partition coefficient (Wildman–Crippen LogP) is 1.70. The van der Waals surface area contributed by atoms with E-state index in [0.717, 1.165) is 55.6 Å². The lowest BCUT2D eigenvalue weighted by molar-refractivity contribution is -0.142. The first-order valence-electron chi connectivity index (χ1n) is 12.2. The van der Waals surface area contributed by atoms with Crippen LogP contribution in [0.15, 0.2) is 30.3 Å². The Morgan fingerprint density at radius 3 is 2.54 bits per heavy atom. The summed E-state index contributed by atoms with van der Waals surface area (Å²) in [6.45, 7) is 0.473. The first kappa shape index (κ1) is 25.2. The van der Waals surface area contributed by atoms with Crippen molar-refractivity contribution in [2.45, 2.75) is 63.2 Å². The number of nitrogens with two attached hydrogens (primary N) is 1. The number of benzene rings is 1. The second-order valence-corrected chi connectivity index (χ2v) is 9.90. The molecule has 2 fully saturated rings. The van der Waals surface area contributed by atoms with Crippen LogP contribution in [0.3, 0.4) is 0 Å². The third-order valence-corrected chi connectivity index (χ3v) is 7.53. The summed E-state index contributed by atoms with van der Waals surface area (Å²) in [5, 5.41) is 13.3. The van der Waals surface area contributed by atoms with Crippen LogP contribution in [0.2, 0.25) is 0 Å². The van der Waals surface area contributed by atoms with Gasteiger partial charge in [0.05, 0.1) is 0 Å². The monoisotopic (exact) mass is 499 g/mol. The molecule has 1 aliphatic heterocycles. The van der Waals surface area contributed by atoms with Crippen molar-refractivity contribution in [2.24, 2.45) is 11.7 Å². The van der Waals surface area contributed by atoms with Crippen LogP contribution in [0.5, 0.6) is 0 Å². The molecule has 1 unspecified atom stereocenters. The Kier molecular flexibility index (Phi) is 8.42. The highest BCUT2D eigenvalue weighted by Crippen LogP contribution is 2.31. The highest BCUT2D eigenvalue weighted by molar-refractivity contribution is 7.10. The predicted molar refractivity (Wildman–Crippen MR) is 134 cm³/mol. The molecular weight excluding hydrogens is 466 g/mol. The largest absolute Gasteiger partial charge is 0.342 e. The summed E-state index contributed by atoms with van der Waals surface area (Å²) >= 11 is 1.11. The molecule has 2 aromatic rings. The van der Waals surface area contributed by atoms with E-state index in [1.807, 2.05) is 30.3 Å². The second-order valence-electron chi connectivity index (χ2n) is 9.15. The Morgan fingerprint density at radius 2 is 1.83 bits per heavy atom. The third kappa shape index (κ3) is 5.85. The summed E-state index contributed by atoms with van der Waals surface area (Å²) in [5.74, 6) is -0.861. The Bertz CT molecular complexity index is 1030. The maximum atomic E-state index is 13.7. The molecule has 1 saturated carbocycles. The minimum atomic E-state index is -0.901. The number of aromatic nitrogens is 2. The Balaban J connectivity index is 1.50. The van der Waals surface area contributed by atoms with Crippen LogP contribution in [0.25, 0.3) is 11.3 Å². The molecule has 5 N–H and O–H groups in total. The first-order valence-corrected chi connectivity index (χ1v) is 13.0. The zero-order valence-electron chi connectivity index (χ0n) is 19.9. The molecule has 1 aromatic carbocycles. The van der Waals surface area contributed by atoms with Crippen molar-refractivity contribution >= 4 is 34.3 Å². The molecule has 0 bridgehead atoms. The van der Waals surface area contributed by atoms with Crippen molar-refractivity contribution in [2.75, 3.05) is 18.9 Å².